The summed E-state index contributed by atoms with van der Waals surface area (Å²) in [5.74, 6) is -2.76. The molecule has 0 spiro atoms. The van der Waals surface area contributed by atoms with Crippen LogP contribution in [0.25, 0.3) is 0 Å². The summed E-state index contributed by atoms with van der Waals surface area (Å²) in [7, 11) is -3.27. The molecule has 0 radical (unpaired) electrons. The van der Waals surface area contributed by atoms with Crippen LogP contribution < -0.4 is 5.32 Å². The molecule has 1 aromatic rings. The molecular formula is C9H10F3N3O4S. The molecule has 11 heteroatoms. The van der Waals surface area contributed by atoms with Gasteiger partial charge >= 0.3 is 12.1 Å². The van der Waals surface area contributed by atoms with Crippen LogP contribution in [0.15, 0.2) is 11.4 Å². The zero-order chi connectivity index (χ0) is 15.6. The number of carboxylic acid groups (broad SMARTS) is 1. The van der Waals surface area contributed by atoms with E-state index in [0.717, 1.165) is 24.1 Å². The number of rotatable bonds is 1. The van der Waals surface area contributed by atoms with Crippen LogP contribution in [0.3, 0.4) is 0 Å². The third kappa shape index (κ3) is 4.42. The van der Waals surface area contributed by atoms with Crippen molar-refractivity contribution in [3.63, 3.8) is 0 Å². The third-order valence-electron chi connectivity index (χ3n) is 2.11. The van der Waals surface area contributed by atoms with E-state index in [2.05, 4.69) is 15.3 Å². The van der Waals surface area contributed by atoms with Crippen molar-refractivity contribution in [3.8, 4) is 0 Å². The Hall–Kier alpha value is -1.75. The number of hydrogen-bond donors (Lipinski definition) is 2. The average Bonchev–Trinajstić information content (AvgIpc) is 2.73. The Balaban J connectivity index is 0.000000246. The van der Waals surface area contributed by atoms with Gasteiger partial charge in [-0.2, -0.15) is 13.2 Å². The van der Waals surface area contributed by atoms with E-state index < -0.39 is 22.0 Å². The first-order valence-electron chi connectivity index (χ1n) is 5.07. The van der Waals surface area contributed by atoms with E-state index in [9.17, 15) is 21.6 Å². The van der Waals surface area contributed by atoms with Crippen LogP contribution in [0.2, 0.25) is 0 Å². The summed E-state index contributed by atoms with van der Waals surface area (Å²) >= 11 is 0. The van der Waals surface area contributed by atoms with E-state index in [1.165, 1.54) is 0 Å². The molecule has 20 heavy (non-hydrogen) atoms. The molecule has 0 aliphatic carbocycles. The summed E-state index contributed by atoms with van der Waals surface area (Å²) in [5, 5.41) is 10.1. The van der Waals surface area contributed by atoms with Crippen molar-refractivity contribution < 1.29 is 31.5 Å². The third-order valence-corrected chi connectivity index (χ3v) is 2.97. The Bertz CT molecular complexity index is 615. The predicted molar refractivity (Wildman–Crippen MR) is 59.4 cm³/mol. The average molecular weight is 313 g/mol. The van der Waals surface area contributed by atoms with E-state index >= 15 is 0 Å². The van der Waals surface area contributed by atoms with Crippen molar-refractivity contribution in [1.82, 2.24) is 15.3 Å². The second-order valence-corrected chi connectivity index (χ2v) is 5.71. The summed E-state index contributed by atoms with van der Waals surface area (Å²) in [6.07, 6.45) is -2.41. The first-order chi connectivity index (χ1) is 9.01. The predicted octanol–water partition coefficient (Wildman–Crippen LogP) is 0.117. The highest BCUT2D eigenvalue weighted by Crippen LogP contribution is 2.13. The molecule has 1 aliphatic rings. The summed E-state index contributed by atoms with van der Waals surface area (Å²) in [6.45, 7) is 1.35. The van der Waals surface area contributed by atoms with E-state index in [0.29, 0.717) is 6.54 Å². The van der Waals surface area contributed by atoms with Gasteiger partial charge in [-0.3, -0.25) is 0 Å². The second-order valence-electron chi connectivity index (χ2n) is 3.80. The fraction of sp³-hybridized carbons (Fsp3) is 0.444. The lowest BCUT2D eigenvalue weighted by Crippen LogP contribution is -2.21. The topological polar surface area (TPSA) is 109 Å². The van der Waals surface area contributed by atoms with Crippen molar-refractivity contribution in [2.75, 3.05) is 6.26 Å². The molecule has 7 nitrogen and oxygen atoms in total. The smallest absolute Gasteiger partial charge is 0.475 e. The number of carboxylic acids is 1. The number of fused-ring (bicyclic) bond motifs is 1. The van der Waals surface area contributed by atoms with Crippen LogP contribution in [0.5, 0.6) is 0 Å². The van der Waals surface area contributed by atoms with E-state index in [1.807, 2.05) is 0 Å². The number of aliphatic carboxylic acids is 1. The van der Waals surface area contributed by atoms with Gasteiger partial charge in [-0.1, -0.05) is 0 Å². The van der Waals surface area contributed by atoms with Crippen molar-refractivity contribution in [2.45, 2.75) is 24.4 Å². The monoisotopic (exact) mass is 313 g/mol. The molecule has 0 amide bonds. The first-order valence-corrected chi connectivity index (χ1v) is 6.96. The Morgan fingerprint density at radius 2 is 1.95 bits per heavy atom. The van der Waals surface area contributed by atoms with Gasteiger partial charge in [0, 0.05) is 31.1 Å². The minimum atomic E-state index is -5.08. The number of carbonyl (C=O) groups is 1. The highest BCUT2D eigenvalue weighted by atomic mass is 32.2. The lowest BCUT2D eigenvalue weighted by atomic mass is 10.3. The number of alkyl halides is 3. The normalized spacial score (nSPS) is 14.2. The summed E-state index contributed by atoms with van der Waals surface area (Å²) in [5.41, 5.74) is 1.77. The van der Waals surface area contributed by atoms with Crippen molar-refractivity contribution >= 4 is 15.8 Å². The SMILES string of the molecule is CS(=O)(=O)c1ncc2c(n1)CNC2.O=C(O)C(F)(F)F. The van der Waals surface area contributed by atoms with Crippen LogP contribution >= 0.6 is 0 Å². The van der Waals surface area contributed by atoms with E-state index in [4.69, 9.17) is 9.90 Å². The molecule has 1 aromatic heterocycles. The Kier molecular flexibility index (Phi) is 4.65. The van der Waals surface area contributed by atoms with Crippen molar-refractivity contribution in [1.29, 1.82) is 0 Å². The molecule has 2 rings (SSSR count). The maximum absolute atomic E-state index is 11.1. The number of halogens is 3. The number of nitrogens with zero attached hydrogens (tertiary/aromatic N) is 2. The first kappa shape index (κ1) is 16.3. The standard InChI is InChI=1S/C7H9N3O2S.C2HF3O2/c1-13(11,12)7-9-3-5-2-8-4-6(5)10-7;3-2(4,5)1(6)7/h3,8H,2,4H2,1H3;(H,6,7). The minimum absolute atomic E-state index is 0.0880. The van der Waals surface area contributed by atoms with Crippen LogP contribution in [0, 0.1) is 0 Å². The highest BCUT2D eigenvalue weighted by molar-refractivity contribution is 7.90. The molecule has 1 aliphatic heterocycles. The molecule has 0 bridgehead atoms. The molecular weight excluding hydrogens is 303 g/mol. The molecule has 0 aromatic carbocycles. The molecule has 0 saturated heterocycles. The maximum atomic E-state index is 11.1. The van der Waals surface area contributed by atoms with Gasteiger partial charge in [0.15, 0.2) is 0 Å². The quantitative estimate of drug-likeness (QED) is 0.708. The van der Waals surface area contributed by atoms with Gasteiger partial charge in [-0.15, -0.1) is 0 Å². The maximum Gasteiger partial charge on any atom is 0.490 e. The number of sulfone groups is 1. The summed E-state index contributed by atoms with van der Waals surface area (Å²) < 4.78 is 53.9. The van der Waals surface area contributed by atoms with Gasteiger partial charge in [0.25, 0.3) is 0 Å². The van der Waals surface area contributed by atoms with Gasteiger partial charge in [0.1, 0.15) is 0 Å². The van der Waals surface area contributed by atoms with Crippen molar-refractivity contribution in [3.05, 3.63) is 17.5 Å². The Morgan fingerprint density at radius 1 is 1.40 bits per heavy atom. The Morgan fingerprint density at radius 3 is 2.40 bits per heavy atom. The van der Waals surface area contributed by atoms with Crippen LogP contribution in [-0.2, 0) is 27.7 Å². The highest BCUT2D eigenvalue weighted by Gasteiger charge is 2.38. The molecule has 112 valence electrons. The van der Waals surface area contributed by atoms with Crippen LogP contribution in [0.1, 0.15) is 11.3 Å². The fourth-order valence-electron chi connectivity index (χ4n) is 1.22. The molecule has 0 atom stereocenters. The van der Waals surface area contributed by atoms with Gasteiger partial charge in [-0.25, -0.2) is 23.2 Å². The lowest BCUT2D eigenvalue weighted by Gasteiger charge is -1.98. The minimum Gasteiger partial charge on any atom is -0.475 e. The van der Waals surface area contributed by atoms with Gasteiger partial charge in [0.2, 0.25) is 15.0 Å². The molecule has 2 heterocycles. The fourth-order valence-corrected chi connectivity index (χ4v) is 1.74. The molecule has 0 unspecified atom stereocenters. The zero-order valence-electron chi connectivity index (χ0n) is 10.1. The molecule has 0 fully saturated rings. The number of aromatic nitrogens is 2. The lowest BCUT2D eigenvalue weighted by molar-refractivity contribution is -0.192. The summed E-state index contributed by atoms with van der Waals surface area (Å²) in [4.78, 5) is 16.6. The zero-order valence-corrected chi connectivity index (χ0v) is 10.9. The largest absolute Gasteiger partial charge is 0.490 e. The van der Waals surface area contributed by atoms with E-state index in [1.54, 1.807) is 6.20 Å². The van der Waals surface area contributed by atoms with Crippen LogP contribution in [0.4, 0.5) is 13.2 Å². The van der Waals surface area contributed by atoms with E-state index in [-0.39, 0.29) is 5.16 Å². The van der Waals surface area contributed by atoms with Gasteiger partial charge < -0.3 is 10.4 Å². The second kappa shape index (κ2) is 5.71. The van der Waals surface area contributed by atoms with Gasteiger partial charge in [0.05, 0.1) is 5.69 Å². The molecule has 2 N–H and O–H groups in total. The van der Waals surface area contributed by atoms with Crippen LogP contribution in [-0.4, -0.2) is 41.9 Å². The number of hydrogen-bond acceptors (Lipinski definition) is 6. The molecule has 0 saturated carbocycles. The number of nitrogens with one attached hydrogen (secondary N) is 1. The van der Waals surface area contributed by atoms with Gasteiger partial charge in [-0.05, 0) is 0 Å². The summed E-state index contributed by atoms with van der Waals surface area (Å²) in [6, 6.07) is 0. The Labute approximate surface area is 111 Å². The van der Waals surface area contributed by atoms with Crippen molar-refractivity contribution in [2.24, 2.45) is 0 Å².